The van der Waals surface area contributed by atoms with Crippen LogP contribution >= 0.6 is 44.2 Å². The number of nitrogens with zero attached hydrogens (tertiary/aromatic N) is 2. The molecule has 0 aliphatic carbocycles. The molecule has 0 spiro atoms. The first kappa shape index (κ1) is 21.5. The Morgan fingerprint density at radius 1 is 1.16 bits per heavy atom. The van der Waals surface area contributed by atoms with Crippen LogP contribution in [0.1, 0.15) is 25.6 Å². The van der Waals surface area contributed by atoms with E-state index in [1.807, 2.05) is 54.3 Å². The van der Waals surface area contributed by atoms with E-state index in [1.165, 1.54) is 11.3 Å². The number of fused-ring (bicyclic) bond motifs is 4. The lowest BCUT2D eigenvalue weighted by Crippen LogP contribution is -2.49. The van der Waals surface area contributed by atoms with Crippen LogP contribution in [0, 0.1) is 3.82 Å². The van der Waals surface area contributed by atoms with Crippen LogP contribution in [0.25, 0.3) is 21.3 Å². The molecule has 1 aliphatic heterocycles. The van der Waals surface area contributed by atoms with Gasteiger partial charge < -0.3 is 9.47 Å². The molecule has 5 rings (SSSR count). The molecule has 164 valence electrons. The van der Waals surface area contributed by atoms with Crippen LogP contribution in [0.5, 0.6) is 10.9 Å². The molecule has 32 heavy (non-hydrogen) atoms. The van der Waals surface area contributed by atoms with E-state index in [0.717, 1.165) is 41.5 Å². The summed E-state index contributed by atoms with van der Waals surface area (Å²) in [4.78, 5) is 20.9. The highest BCUT2D eigenvalue weighted by atomic mass is 32.9. The van der Waals surface area contributed by atoms with Crippen molar-refractivity contribution in [2.45, 2.75) is 26.3 Å². The Morgan fingerprint density at radius 3 is 2.75 bits per heavy atom. The van der Waals surface area contributed by atoms with Crippen molar-refractivity contribution in [2.24, 2.45) is 0 Å². The van der Waals surface area contributed by atoms with Crippen molar-refractivity contribution in [3.05, 3.63) is 51.2 Å². The quantitative estimate of drug-likeness (QED) is 0.221. The summed E-state index contributed by atoms with van der Waals surface area (Å²) in [6.45, 7) is 6.54. The molecule has 3 heterocycles. The van der Waals surface area contributed by atoms with Gasteiger partial charge in [-0.15, -0.1) is 0 Å². The number of benzene rings is 2. The number of carbonyl (C=O) groups is 1. The number of hydrogen-bond donors (Lipinski definition) is 0. The summed E-state index contributed by atoms with van der Waals surface area (Å²) in [6, 6.07) is 13.7. The van der Waals surface area contributed by atoms with Crippen molar-refractivity contribution in [1.82, 2.24) is 4.98 Å². The van der Waals surface area contributed by atoms with Crippen molar-refractivity contribution >= 4 is 66.0 Å². The number of para-hydroxylation sites is 1. The molecule has 0 N–H and O–H groups in total. The fourth-order valence-electron chi connectivity index (χ4n) is 4.01. The zero-order valence-electron chi connectivity index (χ0n) is 17.7. The highest BCUT2D eigenvalue weighted by Crippen LogP contribution is 2.52. The number of carbonyl (C=O) groups excluding carboxylic acids is 1. The summed E-state index contributed by atoms with van der Waals surface area (Å²) in [6.07, 6.45) is 0. The summed E-state index contributed by atoms with van der Waals surface area (Å²) < 4.78 is 13.4. The van der Waals surface area contributed by atoms with Crippen LogP contribution in [0.4, 0.5) is 5.69 Å². The number of rotatable bonds is 5. The molecule has 1 aliphatic rings. The second-order valence-electron chi connectivity index (χ2n) is 7.79. The summed E-state index contributed by atoms with van der Waals surface area (Å²) >= 11 is 7.10. The van der Waals surface area contributed by atoms with Gasteiger partial charge in [0.25, 0.3) is 11.1 Å². The Balaban J connectivity index is 1.51. The highest BCUT2D eigenvalue weighted by Gasteiger charge is 2.43. The van der Waals surface area contributed by atoms with Crippen molar-refractivity contribution < 1.29 is 14.3 Å². The van der Waals surface area contributed by atoms with E-state index in [9.17, 15) is 4.79 Å². The monoisotopic (exact) mass is 500 g/mol. The minimum Gasteiger partial charge on any atom is -0.494 e. The predicted octanol–water partition coefficient (Wildman–Crippen LogP) is 6.88. The van der Waals surface area contributed by atoms with Crippen molar-refractivity contribution in [1.29, 1.82) is 0 Å². The third kappa shape index (κ3) is 3.53. The predicted molar refractivity (Wildman–Crippen MR) is 135 cm³/mol. The Kier molecular flexibility index (Phi) is 5.53. The highest BCUT2D eigenvalue weighted by molar-refractivity contribution is 7.80. The Labute approximate surface area is 202 Å². The minimum atomic E-state index is -0.554. The lowest BCUT2D eigenvalue weighted by Gasteiger charge is -2.42. The van der Waals surface area contributed by atoms with Crippen LogP contribution < -0.4 is 14.4 Å². The second kappa shape index (κ2) is 8.22. The average Bonchev–Trinajstić information content (AvgIpc) is 3.36. The number of amides is 1. The molecule has 0 radical (unpaired) electrons. The van der Waals surface area contributed by atoms with Crippen molar-refractivity contribution in [3.63, 3.8) is 0 Å². The average molecular weight is 501 g/mol. The molecule has 4 aromatic rings. The fourth-order valence-corrected chi connectivity index (χ4v) is 8.11. The molecule has 1 amide bonds. The maximum Gasteiger partial charge on any atom is 0.274 e. The van der Waals surface area contributed by atoms with E-state index < -0.39 is 5.54 Å². The molecule has 0 atom stereocenters. The number of anilines is 1. The van der Waals surface area contributed by atoms with Gasteiger partial charge in [0.15, 0.2) is 6.61 Å². The smallest absolute Gasteiger partial charge is 0.274 e. The van der Waals surface area contributed by atoms with Gasteiger partial charge in [-0.1, -0.05) is 56.4 Å². The van der Waals surface area contributed by atoms with Gasteiger partial charge in [-0.25, -0.2) is 4.98 Å². The van der Waals surface area contributed by atoms with E-state index in [-0.39, 0.29) is 12.5 Å². The molecule has 0 bridgehead atoms. The van der Waals surface area contributed by atoms with Gasteiger partial charge in [-0.2, -0.15) is 0 Å². The van der Waals surface area contributed by atoms with E-state index in [0.29, 0.717) is 11.8 Å². The molecule has 2 aromatic carbocycles. The molecule has 5 nitrogen and oxygen atoms in total. The van der Waals surface area contributed by atoms with Crippen LogP contribution in [0.15, 0.2) is 42.5 Å². The number of ether oxygens (including phenoxy) is 2. The topological polar surface area (TPSA) is 51.7 Å². The summed E-state index contributed by atoms with van der Waals surface area (Å²) in [5, 5.41) is 0.494. The standard InChI is InChI=1S/C23H20N2O3S4/c1-4-27-13-9-10-16-14(11-13)19-20(31-32-21(19)29)23(2,3)25(16)18(26)12-28-22-24-15-7-5-6-8-17(15)30-22/h5-11H,4,12H2,1-3H3. The van der Waals surface area contributed by atoms with Gasteiger partial charge in [0.2, 0.25) is 0 Å². The molecular weight excluding hydrogens is 481 g/mol. The molecule has 0 saturated carbocycles. The largest absolute Gasteiger partial charge is 0.494 e. The number of aromatic nitrogens is 1. The first-order valence-corrected chi connectivity index (χ1v) is 13.5. The van der Waals surface area contributed by atoms with Gasteiger partial charge in [0.1, 0.15) is 9.57 Å². The maximum atomic E-state index is 13.5. The number of thiazole rings is 1. The zero-order valence-corrected chi connectivity index (χ0v) is 21.0. The van der Waals surface area contributed by atoms with Crippen LogP contribution in [0.3, 0.4) is 0 Å². The SMILES string of the molecule is CCOc1ccc2c(c1)-c1c(ssc1=S)C(C)(C)N2C(=O)COc1nc2ccccc2s1. The zero-order chi connectivity index (χ0) is 22.5. The Bertz CT molecular complexity index is 1350. The second-order valence-corrected chi connectivity index (χ2v) is 11.6. The van der Waals surface area contributed by atoms with E-state index in [1.54, 1.807) is 20.7 Å². The molecule has 2 aromatic heterocycles. The first-order valence-electron chi connectivity index (χ1n) is 10.1. The summed E-state index contributed by atoms with van der Waals surface area (Å²) in [5.74, 6) is 0.635. The van der Waals surface area contributed by atoms with Crippen LogP contribution in [-0.4, -0.2) is 24.1 Å². The lowest BCUT2D eigenvalue weighted by molar-refractivity contribution is -0.121. The van der Waals surface area contributed by atoms with E-state index >= 15 is 0 Å². The third-order valence-electron chi connectivity index (χ3n) is 5.38. The molecule has 0 saturated heterocycles. The summed E-state index contributed by atoms with van der Waals surface area (Å²) in [5.41, 5.74) is 3.10. The molecule has 9 heteroatoms. The Morgan fingerprint density at radius 2 is 1.97 bits per heavy atom. The molecule has 0 fully saturated rings. The van der Waals surface area contributed by atoms with Crippen LogP contribution in [-0.2, 0) is 10.3 Å². The lowest BCUT2D eigenvalue weighted by atomic mass is 9.87. The van der Waals surface area contributed by atoms with Gasteiger partial charge in [-0.3, -0.25) is 9.69 Å². The normalized spacial score (nSPS) is 14.2. The van der Waals surface area contributed by atoms with Gasteiger partial charge in [-0.05, 0) is 51.1 Å². The van der Waals surface area contributed by atoms with Gasteiger partial charge in [0, 0.05) is 11.1 Å². The van der Waals surface area contributed by atoms with E-state index in [4.69, 9.17) is 21.7 Å². The fraction of sp³-hybridized carbons (Fsp3) is 0.261. The van der Waals surface area contributed by atoms with Crippen molar-refractivity contribution in [2.75, 3.05) is 18.1 Å². The van der Waals surface area contributed by atoms with Gasteiger partial charge >= 0.3 is 0 Å². The summed E-state index contributed by atoms with van der Waals surface area (Å²) in [7, 11) is 3.20. The molecule has 0 unspecified atom stereocenters. The Hall–Kier alpha value is -2.33. The molecular formula is C23H20N2O3S4. The van der Waals surface area contributed by atoms with Crippen molar-refractivity contribution in [3.8, 4) is 22.1 Å². The van der Waals surface area contributed by atoms with Crippen LogP contribution in [0.2, 0.25) is 0 Å². The number of hydrogen-bond acceptors (Lipinski definition) is 8. The van der Waals surface area contributed by atoms with Gasteiger partial charge in [0.05, 0.1) is 32.9 Å². The third-order valence-corrected chi connectivity index (χ3v) is 9.66. The maximum absolute atomic E-state index is 13.5. The van der Waals surface area contributed by atoms with E-state index in [2.05, 4.69) is 18.8 Å². The minimum absolute atomic E-state index is 0.0965. The first-order chi connectivity index (χ1) is 15.4.